The zero-order chi connectivity index (χ0) is 16.2. The number of nitrogens with zero attached hydrogens (tertiary/aromatic N) is 1. The van der Waals surface area contributed by atoms with Gasteiger partial charge in [-0.2, -0.15) is 5.26 Å². The van der Waals surface area contributed by atoms with Gasteiger partial charge in [0.25, 0.3) is 0 Å². The van der Waals surface area contributed by atoms with Crippen molar-refractivity contribution in [2.24, 2.45) is 0 Å². The molecule has 0 saturated carbocycles. The fourth-order valence-electron chi connectivity index (χ4n) is 2.32. The Bertz CT molecular complexity index is 738. The van der Waals surface area contributed by atoms with Gasteiger partial charge in [-0.05, 0) is 36.8 Å². The molecule has 0 amide bonds. The summed E-state index contributed by atoms with van der Waals surface area (Å²) in [6, 6.07) is 14.9. The molecular weight excluding hydrogens is 312 g/mol. The number of benzene rings is 2. The van der Waals surface area contributed by atoms with Crippen molar-refractivity contribution >= 4 is 11.6 Å². The van der Waals surface area contributed by atoms with Crippen LogP contribution in [-0.2, 0) is 0 Å². The van der Waals surface area contributed by atoms with Crippen molar-refractivity contribution in [1.82, 2.24) is 5.32 Å². The van der Waals surface area contributed by atoms with Gasteiger partial charge >= 0.3 is 0 Å². The summed E-state index contributed by atoms with van der Waals surface area (Å²) < 4.78 is 12.0. The molecule has 0 bridgehead atoms. The molecule has 1 unspecified atom stereocenters. The van der Waals surface area contributed by atoms with Crippen LogP contribution in [0, 0.1) is 11.3 Å². The van der Waals surface area contributed by atoms with Crippen LogP contribution in [0.5, 0.6) is 11.5 Å². The van der Waals surface area contributed by atoms with Gasteiger partial charge in [0, 0.05) is 24.2 Å². The normalized spacial score (nSPS) is 15.3. The van der Waals surface area contributed by atoms with E-state index in [1.807, 2.05) is 31.2 Å². The van der Waals surface area contributed by atoms with Crippen molar-refractivity contribution in [2.75, 3.05) is 13.1 Å². The number of ether oxygens (including phenoxy) is 2. The third-order valence-electron chi connectivity index (χ3n) is 3.73. The summed E-state index contributed by atoms with van der Waals surface area (Å²) in [5.74, 6) is 1.29. The molecule has 3 rings (SSSR count). The molecule has 0 spiro atoms. The Labute approximate surface area is 140 Å². The second-order valence-corrected chi connectivity index (χ2v) is 5.92. The fraction of sp³-hybridized carbons (Fsp3) is 0.278. The molecule has 0 aromatic heterocycles. The summed E-state index contributed by atoms with van der Waals surface area (Å²) in [4.78, 5) is 0. The van der Waals surface area contributed by atoms with Gasteiger partial charge in [-0.3, -0.25) is 0 Å². The van der Waals surface area contributed by atoms with Crippen LogP contribution in [0.15, 0.2) is 42.5 Å². The predicted molar refractivity (Wildman–Crippen MR) is 88.9 cm³/mol. The lowest BCUT2D eigenvalue weighted by Crippen LogP contribution is -2.50. The number of halogens is 1. The molecule has 118 valence electrons. The zero-order valence-corrected chi connectivity index (χ0v) is 13.5. The molecule has 5 heteroatoms. The maximum atomic E-state index is 9.01. The van der Waals surface area contributed by atoms with Crippen molar-refractivity contribution < 1.29 is 9.47 Å². The molecule has 2 aromatic carbocycles. The van der Waals surface area contributed by atoms with Crippen LogP contribution in [0.1, 0.15) is 24.2 Å². The summed E-state index contributed by atoms with van der Waals surface area (Å²) >= 11 is 6.07. The van der Waals surface area contributed by atoms with Crippen molar-refractivity contribution in [3.05, 3.63) is 58.6 Å². The minimum Gasteiger partial charge on any atom is -0.484 e. The zero-order valence-electron chi connectivity index (χ0n) is 12.8. The second-order valence-electron chi connectivity index (χ2n) is 5.49. The largest absolute Gasteiger partial charge is 0.484 e. The average molecular weight is 329 g/mol. The smallest absolute Gasteiger partial charge is 0.163 e. The Morgan fingerprint density at radius 1 is 1.22 bits per heavy atom. The average Bonchev–Trinajstić information content (AvgIpc) is 2.53. The van der Waals surface area contributed by atoms with Crippen LogP contribution in [0.2, 0.25) is 5.02 Å². The van der Waals surface area contributed by atoms with Crippen LogP contribution in [0.3, 0.4) is 0 Å². The number of nitrogens with one attached hydrogen (secondary N) is 1. The molecule has 1 fully saturated rings. The Balaban J connectivity index is 1.79. The first-order valence-corrected chi connectivity index (χ1v) is 7.87. The molecule has 1 aliphatic heterocycles. The third kappa shape index (κ3) is 3.76. The minimum absolute atomic E-state index is 0.146. The molecule has 1 aliphatic rings. The first kappa shape index (κ1) is 15.7. The molecule has 0 radical (unpaired) electrons. The Morgan fingerprint density at radius 3 is 2.74 bits per heavy atom. The second kappa shape index (κ2) is 6.91. The van der Waals surface area contributed by atoms with Crippen molar-refractivity contribution in [1.29, 1.82) is 5.26 Å². The first-order valence-electron chi connectivity index (χ1n) is 7.49. The standard InChI is InChI=1S/C18H17ClN2O2/c1-12(14-4-2-3-13(7-14)9-20)22-17-6-5-15(19)8-18(17)23-16-10-21-11-16/h2-8,12,16,21H,10-11H2,1H3. The van der Waals surface area contributed by atoms with E-state index in [4.69, 9.17) is 26.3 Å². The van der Waals surface area contributed by atoms with Gasteiger partial charge in [-0.1, -0.05) is 23.7 Å². The van der Waals surface area contributed by atoms with Gasteiger partial charge in [0.05, 0.1) is 11.6 Å². The van der Waals surface area contributed by atoms with E-state index in [-0.39, 0.29) is 12.2 Å². The number of hydrogen-bond donors (Lipinski definition) is 1. The number of rotatable bonds is 5. The first-order chi connectivity index (χ1) is 11.2. The van der Waals surface area contributed by atoms with E-state index in [0.29, 0.717) is 22.1 Å². The van der Waals surface area contributed by atoms with E-state index < -0.39 is 0 Å². The molecule has 2 aromatic rings. The van der Waals surface area contributed by atoms with Crippen LogP contribution >= 0.6 is 11.6 Å². The van der Waals surface area contributed by atoms with Gasteiger partial charge in [0.2, 0.25) is 0 Å². The highest BCUT2D eigenvalue weighted by atomic mass is 35.5. The van der Waals surface area contributed by atoms with Gasteiger partial charge < -0.3 is 14.8 Å². The molecule has 1 atom stereocenters. The third-order valence-corrected chi connectivity index (χ3v) is 3.97. The van der Waals surface area contributed by atoms with Crippen LogP contribution < -0.4 is 14.8 Å². The van der Waals surface area contributed by atoms with Crippen molar-refractivity contribution in [3.63, 3.8) is 0 Å². The van der Waals surface area contributed by atoms with E-state index in [1.54, 1.807) is 18.2 Å². The van der Waals surface area contributed by atoms with Crippen LogP contribution in [0.25, 0.3) is 0 Å². The highest BCUT2D eigenvalue weighted by molar-refractivity contribution is 6.30. The van der Waals surface area contributed by atoms with E-state index in [2.05, 4.69) is 11.4 Å². The van der Waals surface area contributed by atoms with Gasteiger partial charge in [-0.15, -0.1) is 0 Å². The fourth-order valence-corrected chi connectivity index (χ4v) is 2.48. The molecule has 1 saturated heterocycles. The molecule has 23 heavy (non-hydrogen) atoms. The molecule has 4 nitrogen and oxygen atoms in total. The molecule has 0 aliphatic carbocycles. The topological polar surface area (TPSA) is 54.3 Å². The van der Waals surface area contributed by atoms with Crippen LogP contribution in [0.4, 0.5) is 0 Å². The summed E-state index contributed by atoms with van der Waals surface area (Å²) in [5.41, 5.74) is 1.56. The highest BCUT2D eigenvalue weighted by Crippen LogP contribution is 2.34. The Morgan fingerprint density at radius 2 is 2.04 bits per heavy atom. The molecular formula is C18H17ClN2O2. The van der Waals surface area contributed by atoms with Gasteiger partial charge in [0.1, 0.15) is 12.2 Å². The Kier molecular flexibility index (Phi) is 4.71. The summed E-state index contributed by atoms with van der Waals surface area (Å²) in [7, 11) is 0. The van der Waals surface area contributed by atoms with Crippen LogP contribution in [-0.4, -0.2) is 19.2 Å². The lowest BCUT2D eigenvalue weighted by Gasteiger charge is -2.29. The maximum Gasteiger partial charge on any atom is 0.163 e. The quantitative estimate of drug-likeness (QED) is 0.909. The number of nitriles is 1. The van der Waals surface area contributed by atoms with E-state index in [0.717, 1.165) is 18.7 Å². The van der Waals surface area contributed by atoms with Gasteiger partial charge in [0.15, 0.2) is 11.5 Å². The van der Waals surface area contributed by atoms with E-state index >= 15 is 0 Å². The Hall–Kier alpha value is -2.22. The highest BCUT2D eigenvalue weighted by Gasteiger charge is 2.21. The SMILES string of the molecule is CC(Oc1ccc(Cl)cc1OC1CNC1)c1cccc(C#N)c1. The lowest BCUT2D eigenvalue weighted by molar-refractivity contribution is 0.129. The van der Waals surface area contributed by atoms with E-state index in [1.165, 1.54) is 0 Å². The van der Waals surface area contributed by atoms with Crippen molar-refractivity contribution in [3.8, 4) is 17.6 Å². The molecule has 1 heterocycles. The summed E-state index contributed by atoms with van der Waals surface area (Å²) in [6.07, 6.45) is -0.0561. The minimum atomic E-state index is -0.202. The summed E-state index contributed by atoms with van der Waals surface area (Å²) in [5, 5.41) is 12.8. The molecule has 1 N–H and O–H groups in total. The lowest BCUT2D eigenvalue weighted by atomic mass is 10.1. The van der Waals surface area contributed by atoms with Crippen molar-refractivity contribution in [2.45, 2.75) is 19.1 Å². The van der Waals surface area contributed by atoms with Gasteiger partial charge in [-0.25, -0.2) is 0 Å². The van der Waals surface area contributed by atoms with E-state index in [9.17, 15) is 0 Å². The maximum absolute atomic E-state index is 9.01. The summed E-state index contributed by atoms with van der Waals surface area (Å²) in [6.45, 7) is 3.59. The predicted octanol–water partition coefficient (Wildman–Crippen LogP) is 3.70. The monoisotopic (exact) mass is 328 g/mol. The number of hydrogen-bond acceptors (Lipinski definition) is 4.